The van der Waals surface area contributed by atoms with E-state index in [9.17, 15) is 0 Å². The molecular weight excluding hydrogens is 174 g/mol. The predicted octanol–water partition coefficient (Wildman–Crippen LogP) is 1.84. The molecule has 76 valence electrons. The molecule has 3 nitrogen and oxygen atoms in total. The first kappa shape index (κ1) is 9.44. The van der Waals surface area contributed by atoms with Crippen LogP contribution in [0.15, 0.2) is 0 Å². The average molecular weight is 191 g/mol. The van der Waals surface area contributed by atoms with Crippen molar-refractivity contribution in [1.82, 2.24) is 9.97 Å². The van der Waals surface area contributed by atoms with Gasteiger partial charge in [0.15, 0.2) is 0 Å². The summed E-state index contributed by atoms with van der Waals surface area (Å²) in [4.78, 5) is 8.98. The van der Waals surface area contributed by atoms with Crippen molar-refractivity contribution in [1.29, 1.82) is 0 Å². The van der Waals surface area contributed by atoms with E-state index in [0.717, 1.165) is 18.7 Å². The van der Waals surface area contributed by atoms with E-state index in [2.05, 4.69) is 30.7 Å². The predicted molar refractivity (Wildman–Crippen MR) is 57.2 cm³/mol. The van der Waals surface area contributed by atoms with Crippen LogP contribution < -0.4 is 5.73 Å². The minimum absolute atomic E-state index is 0.00819. The molecule has 1 aliphatic rings. The summed E-state index contributed by atoms with van der Waals surface area (Å²) >= 11 is 0. The Morgan fingerprint density at radius 1 is 1.14 bits per heavy atom. The molecule has 0 unspecified atom stereocenters. The molecular formula is C11H17N3. The highest BCUT2D eigenvalue weighted by molar-refractivity contribution is 5.45. The van der Waals surface area contributed by atoms with Crippen LogP contribution in [0.3, 0.4) is 0 Å². The van der Waals surface area contributed by atoms with Crippen LogP contribution in [0.25, 0.3) is 0 Å². The Morgan fingerprint density at radius 3 is 2.50 bits per heavy atom. The summed E-state index contributed by atoms with van der Waals surface area (Å²) in [6.07, 6.45) is 3.28. The molecule has 0 aromatic carbocycles. The maximum absolute atomic E-state index is 5.92. The van der Waals surface area contributed by atoms with Crippen LogP contribution in [-0.4, -0.2) is 9.97 Å². The Morgan fingerprint density at radius 2 is 1.86 bits per heavy atom. The molecule has 1 aromatic rings. The van der Waals surface area contributed by atoms with Crippen molar-refractivity contribution in [3.05, 3.63) is 17.1 Å². The number of rotatable bonds is 0. The molecule has 0 fully saturated rings. The number of fused-ring (bicyclic) bond motifs is 1. The smallest absolute Gasteiger partial charge is 0.136 e. The molecule has 0 saturated carbocycles. The molecule has 3 heteroatoms. The molecule has 0 radical (unpaired) electrons. The fourth-order valence-electron chi connectivity index (χ4n) is 1.80. The Labute approximate surface area is 84.8 Å². The third kappa shape index (κ3) is 1.47. The summed E-state index contributed by atoms with van der Waals surface area (Å²) in [6.45, 7) is 6.34. The van der Waals surface area contributed by atoms with E-state index < -0.39 is 0 Å². The van der Waals surface area contributed by atoms with Gasteiger partial charge in [0, 0.05) is 16.7 Å². The molecule has 0 aliphatic heterocycles. The van der Waals surface area contributed by atoms with Gasteiger partial charge in [-0.25, -0.2) is 9.97 Å². The first-order valence-corrected chi connectivity index (χ1v) is 5.14. The quantitative estimate of drug-likeness (QED) is 0.680. The molecule has 2 rings (SSSR count). The maximum Gasteiger partial charge on any atom is 0.136 e. The standard InChI is InChI=1S/C11H17N3/c1-11(2,3)10-13-8-6-4-5-7(8)9(12)14-10/h4-6H2,1-3H3,(H2,12,13,14). The van der Waals surface area contributed by atoms with E-state index in [4.69, 9.17) is 5.73 Å². The van der Waals surface area contributed by atoms with Gasteiger partial charge in [-0.3, -0.25) is 0 Å². The summed E-state index contributed by atoms with van der Waals surface area (Å²) < 4.78 is 0. The fraction of sp³-hybridized carbons (Fsp3) is 0.636. The van der Waals surface area contributed by atoms with E-state index in [1.807, 2.05) is 0 Å². The second-order valence-corrected chi connectivity index (χ2v) is 4.96. The fourth-order valence-corrected chi connectivity index (χ4v) is 1.80. The van der Waals surface area contributed by atoms with E-state index in [0.29, 0.717) is 5.82 Å². The summed E-state index contributed by atoms with van der Waals surface area (Å²) in [6, 6.07) is 0. The van der Waals surface area contributed by atoms with Crippen LogP contribution in [-0.2, 0) is 18.3 Å². The van der Waals surface area contributed by atoms with Gasteiger partial charge in [0.05, 0.1) is 0 Å². The molecule has 0 atom stereocenters. The highest BCUT2D eigenvalue weighted by atomic mass is 15.0. The number of anilines is 1. The minimum Gasteiger partial charge on any atom is -0.383 e. The molecule has 1 aromatic heterocycles. The van der Waals surface area contributed by atoms with Crippen molar-refractivity contribution in [2.75, 3.05) is 5.73 Å². The Bertz CT molecular complexity index is 364. The zero-order valence-electron chi connectivity index (χ0n) is 9.09. The normalized spacial score (nSPS) is 15.6. The lowest BCUT2D eigenvalue weighted by molar-refractivity contribution is 0.543. The summed E-state index contributed by atoms with van der Waals surface area (Å²) in [5.41, 5.74) is 8.26. The molecule has 14 heavy (non-hydrogen) atoms. The van der Waals surface area contributed by atoms with Crippen LogP contribution >= 0.6 is 0 Å². The molecule has 0 saturated heterocycles. The van der Waals surface area contributed by atoms with Crippen molar-refractivity contribution in [2.24, 2.45) is 0 Å². The van der Waals surface area contributed by atoms with Crippen molar-refractivity contribution in [3.63, 3.8) is 0 Å². The number of nitrogens with zero attached hydrogens (tertiary/aromatic N) is 2. The molecule has 0 amide bonds. The van der Waals surface area contributed by atoms with Crippen molar-refractivity contribution in [3.8, 4) is 0 Å². The van der Waals surface area contributed by atoms with E-state index in [-0.39, 0.29) is 5.41 Å². The number of nitrogen functional groups attached to an aromatic ring is 1. The van der Waals surface area contributed by atoms with Gasteiger partial charge in [-0.05, 0) is 19.3 Å². The zero-order valence-corrected chi connectivity index (χ0v) is 9.09. The van der Waals surface area contributed by atoms with E-state index in [1.54, 1.807) is 0 Å². The highest BCUT2D eigenvalue weighted by Crippen LogP contribution is 2.27. The van der Waals surface area contributed by atoms with E-state index in [1.165, 1.54) is 17.7 Å². The third-order valence-corrected chi connectivity index (χ3v) is 2.64. The Hall–Kier alpha value is -1.12. The monoisotopic (exact) mass is 191 g/mol. The number of hydrogen-bond acceptors (Lipinski definition) is 3. The van der Waals surface area contributed by atoms with Crippen LogP contribution in [0, 0.1) is 0 Å². The SMILES string of the molecule is CC(C)(C)c1nc(N)c2c(n1)CCC2. The summed E-state index contributed by atoms with van der Waals surface area (Å²) in [5, 5.41) is 0. The second kappa shape index (κ2) is 2.94. The lowest BCUT2D eigenvalue weighted by Gasteiger charge is -2.18. The summed E-state index contributed by atoms with van der Waals surface area (Å²) in [7, 11) is 0. The van der Waals surface area contributed by atoms with Crippen LogP contribution in [0.2, 0.25) is 0 Å². The van der Waals surface area contributed by atoms with Gasteiger partial charge in [0.2, 0.25) is 0 Å². The molecule has 0 spiro atoms. The average Bonchev–Trinajstić information content (AvgIpc) is 2.50. The van der Waals surface area contributed by atoms with Crippen molar-refractivity contribution >= 4 is 5.82 Å². The number of hydrogen-bond donors (Lipinski definition) is 1. The highest BCUT2D eigenvalue weighted by Gasteiger charge is 2.23. The van der Waals surface area contributed by atoms with Gasteiger partial charge in [-0.1, -0.05) is 20.8 Å². The van der Waals surface area contributed by atoms with Gasteiger partial charge in [0.1, 0.15) is 11.6 Å². The molecule has 1 aliphatic carbocycles. The first-order chi connectivity index (χ1) is 6.48. The molecule has 2 N–H and O–H groups in total. The third-order valence-electron chi connectivity index (χ3n) is 2.64. The Balaban J connectivity index is 2.52. The van der Waals surface area contributed by atoms with Crippen LogP contribution in [0.5, 0.6) is 0 Å². The topological polar surface area (TPSA) is 51.8 Å². The first-order valence-electron chi connectivity index (χ1n) is 5.14. The zero-order chi connectivity index (χ0) is 10.3. The van der Waals surface area contributed by atoms with Crippen LogP contribution in [0.1, 0.15) is 44.3 Å². The largest absolute Gasteiger partial charge is 0.383 e. The van der Waals surface area contributed by atoms with E-state index >= 15 is 0 Å². The number of aromatic nitrogens is 2. The van der Waals surface area contributed by atoms with Crippen LogP contribution in [0.4, 0.5) is 5.82 Å². The number of nitrogens with two attached hydrogens (primary N) is 1. The second-order valence-electron chi connectivity index (χ2n) is 4.96. The molecule has 0 bridgehead atoms. The van der Waals surface area contributed by atoms with Gasteiger partial charge in [-0.2, -0.15) is 0 Å². The lowest BCUT2D eigenvalue weighted by atomic mass is 9.95. The maximum atomic E-state index is 5.92. The molecule has 1 heterocycles. The van der Waals surface area contributed by atoms with Gasteiger partial charge >= 0.3 is 0 Å². The van der Waals surface area contributed by atoms with Gasteiger partial charge in [-0.15, -0.1) is 0 Å². The van der Waals surface area contributed by atoms with Gasteiger partial charge in [0.25, 0.3) is 0 Å². The Kier molecular flexibility index (Phi) is 1.98. The van der Waals surface area contributed by atoms with Crippen molar-refractivity contribution in [2.45, 2.75) is 45.4 Å². The minimum atomic E-state index is -0.00819. The van der Waals surface area contributed by atoms with Crippen molar-refractivity contribution < 1.29 is 0 Å². The lowest BCUT2D eigenvalue weighted by Crippen LogP contribution is -2.18. The number of aryl methyl sites for hydroxylation is 1. The summed E-state index contributed by atoms with van der Waals surface area (Å²) in [5.74, 6) is 1.56. The van der Waals surface area contributed by atoms with Gasteiger partial charge < -0.3 is 5.73 Å².